The molecule has 1 aromatic heterocycles. The van der Waals surface area contributed by atoms with Crippen molar-refractivity contribution in [2.75, 3.05) is 0 Å². The zero-order valence-corrected chi connectivity index (χ0v) is 27.0. The lowest BCUT2D eigenvalue weighted by atomic mass is 9.86. The van der Waals surface area contributed by atoms with Crippen LogP contribution in [0.1, 0.15) is 26.3 Å². The third kappa shape index (κ3) is 6.11. The summed E-state index contributed by atoms with van der Waals surface area (Å²) in [6.45, 7) is 6.74. The summed E-state index contributed by atoms with van der Waals surface area (Å²) < 4.78 is 2.32. The molecule has 47 heavy (non-hydrogen) atoms. The lowest BCUT2D eigenvalue weighted by Crippen LogP contribution is -2.36. The van der Waals surface area contributed by atoms with Gasteiger partial charge in [-0.2, -0.15) is 4.57 Å². The Morgan fingerprint density at radius 1 is 0.404 bits per heavy atom. The molecule has 6 aromatic carbocycles. The lowest BCUT2D eigenvalue weighted by molar-refractivity contribution is -0.572. The second kappa shape index (κ2) is 12.6. The molecule has 0 saturated carbocycles. The van der Waals surface area contributed by atoms with Crippen molar-refractivity contribution >= 4 is 0 Å². The summed E-state index contributed by atoms with van der Waals surface area (Å²) >= 11 is 0. The highest BCUT2D eigenvalue weighted by Gasteiger charge is 2.27. The van der Waals surface area contributed by atoms with Crippen molar-refractivity contribution in [2.45, 2.75) is 26.2 Å². The average molecular weight is 608 g/mol. The number of hydrogen-bond donors (Lipinski definition) is 0. The van der Waals surface area contributed by atoms with E-state index in [4.69, 9.17) is 0 Å². The van der Waals surface area contributed by atoms with Crippen molar-refractivity contribution in [3.63, 3.8) is 0 Å². The van der Waals surface area contributed by atoms with Crippen LogP contribution in [0, 0.1) is 0 Å². The highest BCUT2D eigenvalue weighted by Crippen LogP contribution is 2.39. The molecule has 0 saturated heterocycles. The summed E-state index contributed by atoms with van der Waals surface area (Å²) in [5.74, 6) is 0.0184. The predicted molar refractivity (Wildman–Crippen MR) is 193 cm³/mol. The van der Waals surface area contributed by atoms with Gasteiger partial charge in [0, 0.05) is 35.4 Å². The minimum absolute atomic E-state index is 0.0184. The SMILES string of the molecule is CC(C)(C)c1ccc(-c2cc(-c3ccccc3)[n+](-c3cc(-c4ccccc4)c([O-])c(-c4ccccc4)c3)c(-c3ccccc3)c2)cc1. The Morgan fingerprint density at radius 2 is 0.787 bits per heavy atom. The topological polar surface area (TPSA) is 26.9 Å². The molecular formula is C45H37NO. The first-order valence-electron chi connectivity index (χ1n) is 16.1. The van der Waals surface area contributed by atoms with Gasteiger partial charge in [-0.05, 0) is 68.6 Å². The molecular weight excluding hydrogens is 571 g/mol. The Labute approximate surface area is 277 Å². The van der Waals surface area contributed by atoms with Gasteiger partial charge in [-0.1, -0.05) is 148 Å². The van der Waals surface area contributed by atoms with Gasteiger partial charge in [0.15, 0.2) is 0 Å². The number of rotatable bonds is 6. The summed E-state index contributed by atoms with van der Waals surface area (Å²) in [4.78, 5) is 0. The first kappa shape index (κ1) is 30.0. The Morgan fingerprint density at radius 3 is 1.17 bits per heavy atom. The zero-order chi connectivity index (χ0) is 32.4. The molecule has 0 aliphatic heterocycles. The number of hydrogen-bond acceptors (Lipinski definition) is 1. The van der Waals surface area contributed by atoms with E-state index in [0.717, 1.165) is 50.5 Å². The van der Waals surface area contributed by atoms with Crippen molar-refractivity contribution in [2.24, 2.45) is 0 Å². The standard InChI is InChI=1S/C45H37NO/c1-45(2,3)38-26-24-32(25-27-38)37-28-42(35-20-12-6-13-21-35)46(43(29-37)36-22-14-7-15-23-36)39-30-40(33-16-8-4-9-17-33)44(47)41(31-39)34-18-10-5-11-19-34/h4-31H,1-3H3. The second-order valence-electron chi connectivity index (χ2n) is 13.0. The van der Waals surface area contributed by atoms with E-state index in [-0.39, 0.29) is 11.2 Å². The molecule has 0 unspecified atom stereocenters. The first-order valence-corrected chi connectivity index (χ1v) is 16.1. The number of pyridine rings is 1. The summed E-state index contributed by atoms with van der Waals surface area (Å²) in [6, 6.07) is 58.7. The molecule has 0 aliphatic carbocycles. The van der Waals surface area contributed by atoms with Crippen molar-refractivity contribution in [3.8, 4) is 67.3 Å². The summed E-state index contributed by atoms with van der Waals surface area (Å²) in [6.07, 6.45) is 0. The van der Waals surface area contributed by atoms with Crippen LogP contribution in [-0.4, -0.2) is 0 Å². The van der Waals surface area contributed by atoms with Gasteiger partial charge in [0.1, 0.15) is 0 Å². The summed E-state index contributed by atoms with van der Waals surface area (Å²) in [5, 5.41) is 14.2. The maximum absolute atomic E-state index is 14.2. The fourth-order valence-electron chi connectivity index (χ4n) is 6.25. The van der Waals surface area contributed by atoms with Crippen molar-refractivity contribution < 1.29 is 9.67 Å². The molecule has 2 heteroatoms. The van der Waals surface area contributed by atoms with E-state index in [1.165, 1.54) is 5.56 Å². The van der Waals surface area contributed by atoms with E-state index in [9.17, 15) is 5.11 Å². The summed E-state index contributed by atoms with van der Waals surface area (Å²) in [7, 11) is 0. The van der Waals surface area contributed by atoms with Gasteiger partial charge in [-0.15, -0.1) is 0 Å². The van der Waals surface area contributed by atoms with Crippen LogP contribution >= 0.6 is 0 Å². The van der Waals surface area contributed by atoms with Crippen LogP contribution < -0.4 is 9.67 Å². The zero-order valence-electron chi connectivity index (χ0n) is 27.0. The van der Waals surface area contributed by atoms with E-state index in [1.807, 2.05) is 72.8 Å². The van der Waals surface area contributed by atoms with Crippen LogP contribution in [0.2, 0.25) is 0 Å². The van der Waals surface area contributed by atoms with Crippen LogP contribution in [-0.2, 0) is 5.41 Å². The van der Waals surface area contributed by atoms with Crippen LogP contribution in [0.15, 0.2) is 170 Å². The molecule has 0 fully saturated rings. The van der Waals surface area contributed by atoms with Crippen LogP contribution in [0.25, 0.3) is 61.6 Å². The monoisotopic (exact) mass is 607 g/mol. The van der Waals surface area contributed by atoms with Gasteiger partial charge in [0.2, 0.25) is 17.1 Å². The first-order chi connectivity index (χ1) is 22.9. The molecule has 0 aliphatic rings. The molecule has 1 heterocycles. The van der Waals surface area contributed by atoms with Crippen molar-refractivity contribution in [1.82, 2.24) is 0 Å². The van der Waals surface area contributed by atoms with Gasteiger partial charge in [0.05, 0.1) is 0 Å². The minimum Gasteiger partial charge on any atom is -0.872 e. The summed E-state index contributed by atoms with van der Waals surface area (Å²) in [5.41, 5.74) is 12.0. The molecule has 7 rings (SSSR count). The third-order valence-corrected chi connectivity index (χ3v) is 8.79. The third-order valence-electron chi connectivity index (χ3n) is 8.79. The van der Waals surface area contributed by atoms with E-state index in [2.05, 4.69) is 122 Å². The van der Waals surface area contributed by atoms with E-state index < -0.39 is 0 Å². The number of aromatic nitrogens is 1. The van der Waals surface area contributed by atoms with E-state index in [1.54, 1.807) is 0 Å². The van der Waals surface area contributed by atoms with Gasteiger partial charge in [0.25, 0.3) is 0 Å². The van der Waals surface area contributed by atoms with Gasteiger partial charge in [-0.25, -0.2) is 0 Å². The Balaban J connectivity index is 1.56. The molecule has 228 valence electrons. The highest BCUT2D eigenvalue weighted by molar-refractivity contribution is 5.84. The fraction of sp³-hybridized carbons (Fsp3) is 0.0889. The fourth-order valence-corrected chi connectivity index (χ4v) is 6.25. The minimum atomic E-state index is 0.0184. The molecule has 0 bridgehead atoms. The van der Waals surface area contributed by atoms with Crippen LogP contribution in [0.5, 0.6) is 5.75 Å². The van der Waals surface area contributed by atoms with Crippen molar-refractivity contribution in [3.05, 3.63) is 175 Å². The van der Waals surface area contributed by atoms with Crippen molar-refractivity contribution in [1.29, 1.82) is 0 Å². The average Bonchev–Trinajstić information content (AvgIpc) is 3.12. The van der Waals surface area contributed by atoms with E-state index in [0.29, 0.717) is 11.1 Å². The second-order valence-corrected chi connectivity index (χ2v) is 13.0. The predicted octanol–water partition coefficient (Wildman–Crippen LogP) is 10.7. The van der Waals surface area contributed by atoms with Gasteiger partial charge >= 0.3 is 0 Å². The Hall–Kier alpha value is -5.73. The maximum Gasteiger partial charge on any atom is 0.219 e. The molecule has 0 radical (unpaired) electrons. The smallest absolute Gasteiger partial charge is 0.219 e. The van der Waals surface area contributed by atoms with Crippen LogP contribution in [0.4, 0.5) is 0 Å². The highest BCUT2D eigenvalue weighted by atomic mass is 16.3. The van der Waals surface area contributed by atoms with Gasteiger partial charge in [-0.3, -0.25) is 0 Å². The Kier molecular flexibility index (Phi) is 8.01. The van der Waals surface area contributed by atoms with Gasteiger partial charge < -0.3 is 5.11 Å². The van der Waals surface area contributed by atoms with Crippen LogP contribution in [0.3, 0.4) is 0 Å². The molecule has 0 amide bonds. The molecule has 0 spiro atoms. The lowest BCUT2D eigenvalue weighted by Gasteiger charge is -2.21. The number of nitrogens with zero attached hydrogens (tertiary/aromatic N) is 1. The largest absolute Gasteiger partial charge is 0.872 e. The number of benzene rings is 6. The molecule has 7 aromatic rings. The quantitative estimate of drug-likeness (QED) is 0.173. The van der Waals surface area contributed by atoms with E-state index >= 15 is 0 Å². The maximum atomic E-state index is 14.2. The Bertz CT molecular complexity index is 2010. The molecule has 2 nitrogen and oxygen atoms in total. The molecule has 0 N–H and O–H groups in total. The molecule has 0 atom stereocenters. The normalized spacial score (nSPS) is 11.4.